The number of benzene rings is 4. The van der Waals surface area contributed by atoms with E-state index in [1.807, 2.05) is 30.3 Å². The number of nitrogens with zero attached hydrogens (tertiary/aromatic N) is 1. The van der Waals surface area contributed by atoms with Crippen molar-refractivity contribution in [1.29, 1.82) is 0 Å². The molecule has 4 aromatic carbocycles. The second-order valence-electron chi connectivity index (χ2n) is 7.47. The Morgan fingerprint density at radius 3 is 2.26 bits per heavy atom. The van der Waals surface area contributed by atoms with Crippen LogP contribution >= 0.6 is 11.6 Å². The minimum Gasteiger partial charge on any atom is -0.489 e. The minimum atomic E-state index is -0.500. The molecule has 7 heteroatoms. The molecular formula is C28H21ClN2O4. The number of nitrogens with one attached hydrogen (secondary N) is 1. The summed E-state index contributed by atoms with van der Waals surface area (Å²) in [5, 5.41) is 4.53. The predicted molar refractivity (Wildman–Crippen MR) is 135 cm³/mol. The van der Waals surface area contributed by atoms with E-state index in [9.17, 15) is 9.59 Å². The van der Waals surface area contributed by atoms with Crippen LogP contribution in [0.3, 0.4) is 0 Å². The zero-order chi connectivity index (χ0) is 24.5. The number of hydrogen-bond donors (Lipinski definition) is 1. The molecule has 0 spiro atoms. The van der Waals surface area contributed by atoms with Crippen LogP contribution in [0.4, 0.5) is 0 Å². The lowest BCUT2D eigenvalue weighted by atomic mass is 10.2. The Kier molecular flexibility index (Phi) is 7.88. The molecule has 0 atom stereocenters. The Morgan fingerprint density at radius 2 is 1.51 bits per heavy atom. The number of hydrazone groups is 1. The van der Waals surface area contributed by atoms with E-state index in [-0.39, 0.29) is 5.91 Å². The second-order valence-corrected chi connectivity index (χ2v) is 7.90. The fraction of sp³-hybridized carbons (Fsp3) is 0.0357. The summed E-state index contributed by atoms with van der Waals surface area (Å²) in [6, 6.07) is 29.9. The van der Waals surface area contributed by atoms with E-state index < -0.39 is 5.97 Å². The van der Waals surface area contributed by atoms with E-state index in [0.717, 1.165) is 5.56 Å². The predicted octanol–water partition coefficient (Wildman–Crippen LogP) is 5.90. The summed E-state index contributed by atoms with van der Waals surface area (Å²) in [5.74, 6) is 0.159. The van der Waals surface area contributed by atoms with Gasteiger partial charge in [-0.3, -0.25) is 4.79 Å². The average molecular weight is 485 g/mol. The molecule has 0 saturated heterocycles. The van der Waals surface area contributed by atoms with Crippen LogP contribution in [0.25, 0.3) is 0 Å². The third-order valence-corrected chi connectivity index (χ3v) is 5.15. The molecule has 6 nitrogen and oxygen atoms in total. The highest BCUT2D eigenvalue weighted by molar-refractivity contribution is 6.30. The number of halogens is 1. The molecule has 0 fully saturated rings. The lowest BCUT2D eigenvalue weighted by Crippen LogP contribution is -2.17. The summed E-state index contributed by atoms with van der Waals surface area (Å²) in [7, 11) is 0. The van der Waals surface area contributed by atoms with E-state index in [4.69, 9.17) is 21.1 Å². The van der Waals surface area contributed by atoms with Crippen LogP contribution in [0, 0.1) is 0 Å². The van der Waals surface area contributed by atoms with Crippen LogP contribution in [0.5, 0.6) is 11.5 Å². The number of esters is 1. The van der Waals surface area contributed by atoms with Gasteiger partial charge in [-0.1, -0.05) is 54.1 Å². The zero-order valence-corrected chi connectivity index (χ0v) is 19.3. The van der Waals surface area contributed by atoms with Crippen LogP contribution in [0.1, 0.15) is 31.8 Å². The van der Waals surface area contributed by atoms with E-state index in [1.165, 1.54) is 6.21 Å². The van der Waals surface area contributed by atoms with Crippen molar-refractivity contribution in [2.75, 3.05) is 0 Å². The summed E-state index contributed by atoms with van der Waals surface area (Å²) < 4.78 is 11.1. The molecule has 0 aliphatic heterocycles. The van der Waals surface area contributed by atoms with Gasteiger partial charge in [0.25, 0.3) is 5.91 Å². The molecule has 0 radical (unpaired) electrons. The second kappa shape index (κ2) is 11.6. The highest BCUT2D eigenvalue weighted by Crippen LogP contribution is 2.17. The van der Waals surface area contributed by atoms with Crippen molar-refractivity contribution in [3.63, 3.8) is 0 Å². The maximum Gasteiger partial charge on any atom is 0.343 e. The lowest BCUT2D eigenvalue weighted by Gasteiger charge is -2.07. The summed E-state index contributed by atoms with van der Waals surface area (Å²) in [4.78, 5) is 24.6. The summed E-state index contributed by atoms with van der Waals surface area (Å²) in [6.45, 7) is 0.449. The van der Waals surface area contributed by atoms with Gasteiger partial charge in [0.1, 0.15) is 18.1 Å². The molecule has 0 bridgehead atoms. The van der Waals surface area contributed by atoms with Crippen molar-refractivity contribution in [2.45, 2.75) is 6.61 Å². The van der Waals surface area contributed by atoms with E-state index in [0.29, 0.717) is 39.8 Å². The van der Waals surface area contributed by atoms with Crippen molar-refractivity contribution in [1.82, 2.24) is 5.43 Å². The van der Waals surface area contributed by atoms with Gasteiger partial charge in [0, 0.05) is 10.6 Å². The van der Waals surface area contributed by atoms with Crippen molar-refractivity contribution in [3.05, 3.63) is 130 Å². The number of rotatable bonds is 8. The normalized spacial score (nSPS) is 10.7. The van der Waals surface area contributed by atoms with Crippen molar-refractivity contribution >= 4 is 29.7 Å². The number of carbonyl (C=O) groups is 2. The fourth-order valence-corrected chi connectivity index (χ4v) is 3.21. The van der Waals surface area contributed by atoms with Crippen molar-refractivity contribution in [3.8, 4) is 11.5 Å². The number of amides is 1. The van der Waals surface area contributed by atoms with Crippen LogP contribution in [0.15, 0.2) is 108 Å². The molecule has 0 aliphatic carbocycles. The van der Waals surface area contributed by atoms with Gasteiger partial charge in [-0.15, -0.1) is 0 Å². The standard InChI is InChI=1S/C28H21ClN2O4/c29-24-13-9-23(10-14-24)28(33)35-26-8-4-7-21(17-26)18-30-31-27(32)22-11-15-25(16-12-22)34-19-20-5-2-1-3-6-20/h1-18H,19H2,(H,31,32)/b30-18-. The van der Waals surface area contributed by atoms with E-state index in [1.54, 1.807) is 72.8 Å². The SMILES string of the molecule is O=C(N/N=C\c1cccc(OC(=O)c2ccc(Cl)cc2)c1)c1ccc(OCc2ccccc2)cc1. The van der Waals surface area contributed by atoms with Gasteiger partial charge in [0.2, 0.25) is 0 Å². The van der Waals surface area contributed by atoms with Crippen molar-refractivity contribution < 1.29 is 19.1 Å². The Labute approximate surface area is 207 Å². The van der Waals surface area contributed by atoms with Gasteiger partial charge in [-0.2, -0.15) is 5.10 Å². The van der Waals surface area contributed by atoms with Gasteiger partial charge in [-0.25, -0.2) is 10.2 Å². The fourth-order valence-electron chi connectivity index (χ4n) is 3.08. The lowest BCUT2D eigenvalue weighted by molar-refractivity contribution is 0.0734. The molecule has 4 rings (SSSR count). The third kappa shape index (κ3) is 7.03. The topological polar surface area (TPSA) is 77.0 Å². The molecule has 0 aliphatic rings. The summed E-state index contributed by atoms with van der Waals surface area (Å²) >= 11 is 5.85. The molecule has 174 valence electrons. The van der Waals surface area contributed by atoms with Crippen LogP contribution < -0.4 is 14.9 Å². The monoisotopic (exact) mass is 484 g/mol. The molecule has 1 N–H and O–H groups in total. The van der Waals surface area contributed by atoms with Gasteiger partial charge in [0.05, 0.1) is 11.8 Å². The van der Waals surface area contributed by atoms with Gasteiger partial charge in [-0.05, 0) is 71.8 Å². The Hall–Kier alpha value is -4.42. The quantitative estimate of drug-likeness (QED) is 0.146. The highest BCUT2D eigenvalue weighted by Gasteiger charge is 2.09. The Balaban J connectivity index is 1.29. The van der Waals surface area contributed by atoms with Gasteiger partial charge >= 0.3 is 5.97 Å². The third-order valence-electron chi connectivity index (χ3n) is 4.89. The Bertz CT molecular complexity index is 1320. The van der Waals surface area contributed by atoms with E-state index >= 15 is 0 Å². The van der Waals surface area contributed by atoms with E-state index in [2.05, 4.69) is 10.5 Å². The molecule has 4 aromatic rings. The Morgan fingerprint density at radius 1 is 0.800 bits per heavy atom. The van der Waals surface area contributed by atoms with Crippen molar-refractivity contribution in [2.24, 2.45) is 5.10 Å². The molecule has 35 heavy (non-hydrogen) atoms. The minimum absolute atomic E-state index is 0.353. The number of carbonyl (C=O) groups excluding carboxylic acids is 2. The van der Waals surface area contributed by atoms with Gasteiger partial charge < -0.3 is 9.47 Å². The first-order valence-corrected chi connectivity index (χ1v) is 11.1. The maximum absolute atomic E-state index is 12.4. The highest BCUT2D eigenvalue weighted by atomic mass is 35.5. The number of hydrogen-bond acceptors (Lipinski definition) is 5. The number of ether oxygens (including phenoxy) is 2. The first-order chi connectivity index (χ1) is 17.1. The molecular weight excluding hydrogens is 464 g/mol. The smallest absolute Gasteiger partial charge is 0.343 e. The van der Waals surface area contributed by atoms with Crippen LogP contribution in [-0.2, 0) is 6.61 Å². The first-order valence-electron chi connectivity index (χ1n) is 10.7. The summed E-state index contributed by atoms with van der Waals surface area (Å²) in [5.41, 5.74) is 5.03. The molecule has 0 heterocycles. The van der Waals surface area contributed by atoms with Crippen LogP contribution in [-0.4, -0.2) is 18.1 Å². The maximum atomic E-state index is 12.4. The molecule has 0 aromatic heterocycles. The largest absolute Gasteiger partial charge is 0.489 e. The molecule has 0 saturated carbocycles. The van der Waals surface area contributed by atoms with Crippen LogP contribution in [0.2, 0.25) is 5.02 Å². The first kappa shape index (κ1) is 23.7. The zero-order valence-electron chi connectivity index (χ0n) is 18.6. The average Bonchev–Trinajstić information content (AvgIpc) is 2.89. The molecule has 0 unspecified atom stereocenters. The summed E-state index contributed by atoms with van der Waals surface area (Å²) in [6.07, 6.45) is 1.47. The molecule has 1 amide bonds. The van der Waals surface area contributed by atoms with Gasteiger partial charge in [0.15, 0.2) is 0 Å².